The Bertz CT molecular complexity index is 846. The van der Waals surface area contributed by atoms with Crippen LogP contribution in [0.15, 0.2) is 36.4 Å². The van der Waals surface area contributed by atoms with Crippen LogP contribution in [-0.2, 0) is 11.3 Å². The second-order valence-corrected chi connectivity index (χ2v) is 8.31. The third kappa shape index (κ3) is 5.12. The number of nitrogens with one attached hydrogen (secondary N) is 1. The second-order valence-electron chi connectivity index (χ2n) is 7.88. The highest BCUT2D eigenvalue weighted by Gasteiger charge is 2.26. The zero-order valence-electron chi connectivity index (χ0n) is 16.8. The van der Waals surface area contributed by atoms with Crippen LogP contribution in [0.1, 0.15) is 48.1 Å². The molecule has 0 unspecified atom stereocenters. The first-order valence-corrected chi connectivity index (χ1v) is 10.2. The molecule has 2 aromatic carbocycles. The van der Waals surface area contributed by atoms with E-state index < -0.39 is 0 Å². The van der Waals surface area contributed by atoms with Gasteiger partial charge in [-0.25, -0.2) is 4.39 Å². The zero-order chi connectivity index (χ0) is 20.3. The van der Waals surface area contributed by atoms with Crippen LogP contribution in [0.25, 0.3) is 0 Å². The molecule has 150 valence electrons. The maximum Gasteiger partial charge on any atom is 0.223 e. The number of halogens is 2. The van der Waals surface area contributed by atoms with Gasteiger partial charge in [-0.15, -0.1) is 0 Å². The van der Waals surface area contributed by atoms with Crippen LogP contribution in [0.3, 0.4) is 0 Å². The van der Waals surface area contributed by atoms with Crippen molar-refractivity contribution in [1.82, 2.24) is 10.2 Å². The molecule has 1 atom stereocenters. The van der Waals surface area contributed by atoms with Crippen molar-refractivity contribution in [3.63, 3.8) is 0 Å². The van der Waals surface area contributed by atoms with Gasteiger partial charge in [-0.1, -0.05) is 41.4 Å². The molecule has 1 heterocycles. The average Bonchev–Trinajstić information content (AvgIpc) is 2.64. The maximum atomic E-state index is 14.0. The lowest BCUT2D eigenvalue weighted by Gasteiger charge is -2.32. The van der Waals surface area contributed by atoms with E-state index >= 15 is 0 Å². The highest BCUT2D eigenvalue weighted by molar-refractivity contribution is 6.30. The van der Waals surface area contributed by atoms with Crippen LogP contribution >= 0.6 is 11.6 Å². The molecule has 1 fully saturated rings. The van der Waals surface area contributed by atoms with Crippen LogP contribution in [0, 0.1) is 25.6 Å². The van der Waals surface area contributed by atoms with Crippen LogP contribution in [-0.4, -0.2) is 23.9 Å². The van der Waals surface area contributed by atoms with Gasteiger partial charge < -0.3 is 5.32 Å². The van der Waals surface area contributed by atoms with Gasteiger partial charge in [0, 0.05) is 23.0 Å². The summed E-state index contributed by atoms with van der Waals surface area (Å²) in [6, 6.07) is 11.1. The van der Waals surface area contributed by atoms with Crippen molar-refractivity contribution in [3.8, 4) is 0 Å². The van der Waals surface area contributed by atoms with E-state index in [4.69, 9.17) is 11.6 Å². The molecule has 1 aliphatic heterocycles. The van der Waals surface area contributed by atoms with Gasteiger partial charge in [0.15, 0.2) is 0 Å². The standard InChI is InChI=1S/C23H28ClFN2O/c1-15-4-7-21(16(2)12-15)17(3)26-23(28)18-8-10-27(11-9-18)14-19-5-6-20(24)13-22(19)25/h4-7,12-13,17-18H,8-11,14H2,1-3H3,(H,26,28)/t17-/m1/s1. The summed E-state index contributed by atoms with van der Waals surface area (Å²) in [6.45, 7) is 8.32. The van der Waals surface area contributed by atoms with Gasteiger partial charge in [0.2, 0.25) is 5.91 Å². The van der Waals surface area contributed by atoms with Gasteiger partial charge >= 0.3 is 0 Å². The lowest BCUT2D eigenvalue weighted by atomic mass is 9.94. The number of likely N-dealkylation sites (tertiary alicyclic amines) is 1. The molecule has 0 bridgehead atoms. The lowest BCUT2D eigenvalue weighted by molar-refractivity contribution is -0.127. The molecule has 5 heteroatoms. The minimum Gasteiger partial charge on any atom is -0.349 e. The van der Waals surface area contributed by atoms with E-state index in [0.29, 0.717) is 17.1 Å². The van der Waals surface area contributed by atoms with E-state index in [1.807, 2.05) is 6.92 Å². The van der Waals surface area contributed by atoms with E-state index in [-0.39, 0.29) is 23.7 Å². The Balaban J connectivity index is 1.52. The monoisotopic (exact) mass is 402 g/mol. The van der Waals surface area contributed by atoms with Gasteiger partial charge in [-0.2, -0.15) is 0 Å². The van der Waals surface area contributed by atoms with Crippen molar-refractivity contribution < 1.29 is 9.18 Å². The Morgan fingerprint density at radius 2 is 1.93 bits per heavy atom. The molecular weight excluding hydrogens is 375 g/mol. The topological polar surface area (TPSA) is 32.3 Å². The molecule has 0 spiro atoms. The molecule has 28 heavy (non-hydrogen) atoms. The number of aryl methyl sites for hydroxylation is 2. The Labute approximate surface area is 171 Å². The number of carbonyl (C=O) groups excluding carboxylic acids is 1. The van der Waals surface area contributed by atoms with Crippen molar-refractivity contribution in [2.45, 2.75) is 46.2 Å². The fourth-order valence-electron chi connectivity index (χ4n) is 3.96. The van der Waals surface area contributed by atoms with E-state index in [0.717, 1.165) is 31.5 Å². The van der Waals surface area contributed by atoms with Crippen molar-refractivity contribution in [2.24, 2.45) is 5.92 Å². The summed E-state index contributed by atoms with van der Waals surface area (Å²) in [5.74, 6) is -0.140. The number of hydrogen-bond acceptors (Lipinski definition) is 2. The molecule has 3 nitrogen and oxygen atoms in total. The van der Waals surface area contributed by atoms with E-state index in [1.54, 1.807) is 12.1 Å². The first-order chi connectivity index (χ1) is 13.3. The van der Waals surface area contributed by atoms with Crippen molar-refractivity contribution >= 4 is 17.5 Å². The molecule has 1 amide bonds. The van der Waals surface area contributed by atoms with Gasteiger partial charge in [-0.05, 0) is 70.0 Å². The molecule has 1 N–H and O–H groups in total. The number of carbonyl (C=O) groups is 1. The van der Waals surface area contributed by atoms with Gasteiger partial charge in [-0.3, -0.25) is 9.69 Å². The number of piperidine rings is 1. The first kappa shape index (κ1) is 20.8. The fourth-order valence-corrected chi connectivity index (χ4v) is 4.12. The number of nitrogens with zero attached hydrogens (tertiary/aromatic N) is 1. The van der Waals surface area contributed by atoms with Crippen LogP contribution in [0.5, 0.6) is 0 Å². The summed E-state index contributed by atoms with van der Waals surface area (Å²) in [5, 5.41) is 3.59. The van der Waals surface area contributed by atoms with Gasteiger partial charge in [0.1, 0.15) is 5.82 Å². The predicted octanol–water partition coefficient (Wildman–Crippen LogP) is 5.19. The fraction of sp³-hybridized carbons (Fsp3) is 0.435. The average molecular weight is 403 g/mol. The Kier molecular flexibility index (Phi) is 6.73. The smallest absolute Gasteiger partial charge is 0.223 e. The summed E-state index contributed by atoms with van der Waals surface area (Å²) in [4.78, 5) is 14.9. The van der Waals surface area contributed by atoms with E-state index in [1.165, 1.54) is 17.2 Å². The van der Waals surface area contributed by atoms with Crippen molar-refractivity contribution in [2.75, 3.05) is 13.1 Å². The predicted molar refractivity (Wildman–Crippen MR) is 112 cm³/mol. The number of amides is 1. The zero-order valence-corrected chi connectivity index (χ0v) is 17.5. The maximum absolute atomic E-state index is 14.0. The summed E-state index contributed by atoms with van der Waals surface area (Å²) in [5.41, 5.74) is 4.24. The van der Waals surface area contributed by atoms with Crippen LogP contribution in [0.2, 0.25) is 5.02 Å². The summed E-state index contributed by atoms with van der Waals surface area (Å²) in [7, 11) is 0. The Morgan fingerprint density at radius 3 is 2.57 bits per heavy atom. The third-order valence-electron chi connectivity index (χ3n) is 5.62. The van der Waals surface area contributed by atoms with E-state index in [2.05, 4.69) is 42.3 Å². The van der Waals surface area contributed by atoms with Crippen LogP contribution in [0.4, 0.5) is 4.39 Å². The molecule has 0 saturated carbocycles. The molecule has 2 aromatic rings. The summed E-state index contributed by atoms with van der Waals surface area (Å²) < 4.78 is 14.0. The summed E-state index contributed by atoms with van der Waals surface area (Å²) >= 11 is 5.82. The van der Waals surface area contributed by atoms with Gasteiger partial charge in [0.05, 0.1) is 6.04 Å². The number of hydrogen-bond donors (Lipinski definition) is 1. The van der Waals surface area contributed by atoms with E-state index in [9.17, 15) is 9.18 Å². The molecule has 1 saturated heterocycles. The molecule has 0 aliphatic carbocycles. The van der Waals surface area contributed by atoms with Crippen LogP contribution < -0.4 is 5.32 Å². The normalized spacial score (nSPS) is 16.8. The first-order valence-electron chi connectivity index (χ1n) is 9.87. The molecule has 1 aliphatic rings. The number of rotatable bonds is 5. The molecule has 0 radical (unpaired) electrons. The molecule has 0 aromatic heterocycles. The molecule has 3 rings (SSSR count). The SMILES string of the molecule is Cc1ccc([C@@H](C)NC(=O)C2CCN(Cc3ccc(Cl)cc3F)CC2)c(C)c1. The van der Waals surface area contributed by atoms with Crippen molar-refractivity contribution in [1.29, 1.82) is 0 Å². The molecular formula is C23H28ClFN2O. The highest BCUT2D eigenvalue weighted by Crippen LogP contribution is 2.24. The third-order valence-corrected chi connectivity index (χ3v) is 5.85. The second kappa shape index (κ2) is 9.06. The minimum absolute atomic E-state index is 0.00528. The summed E-state index contributed by atoms with van der Waals surface area (Å²) in [6.07, 6.45) is 1.58. The highest BCUT2D eigenvalue weighted by atomic mass is 35.5. The number of benzene rings is 2. The van der Waals surface area contributed by atoms with Gasteiger partial charge in [0.25, 0.3) is 0 Å². The minimum atomic E-state index is -0.269. The Hall–Kier alpha value is -1.91. The Morgan fingerprint density at radius 1 is 1.21 bits per heavy atom. The van der Waals surface area contributed by atoms with Crippen molar-refractivity contribution in [3.05, 3.63) is 69.5 Å². The lowest BCUT2D eigenvalue weighted by Crippen LogP contribution is -2.41. The largest absolute Gasteiger partial charge is 0.349 e. The quantitative estimate of drug-likeness (QED) is 0.746.